The lowest BCUT2D eigenvalue weighted by atomic mass is 10.2. The summed E-state index contributed by atoms with van der Waals surface area (Å²) in [5.74, 6) is 0. The zero-order chi connectivity index (χ0) is 7.98. The predicted octanol–water partition coefficient (Wildman–Crippen LogP) is -0.386. The van der Waals surface area contributed by atoms with Crippen LogP contribution in [0.4, 0.5) is 0 Å². The van der Waals surface area contributed by atoms with Crippen LogP contribution in [0.25, 0.3) is 0 Å². The quantitative estimate of drug-likeness (QED) is 0.554. The minimum Gasteiger partial charge on any atom is -0.329 e. The van der Waals surface area contributed by atoms with Gasteiger partial charge in [0.1, 0.15) is 0 Å². The molecular formula is C7H19N3. The second kappa shape index (κ2) is 5.65. The molecule has 0 bridgehead atoms. The molecule has 0 aliphatic rings. The summed E-state index contributed by atoms with van der Waals surface area (Å²) in [5, 5.41) is 0. The summed E-state index contributed by atoms with van der Waals surface area (Å²) >= 11 is 0. The number of nitrogens with two attached hydrogens (primary N) is 2. The Bertz CT molecular complexity index is 73.3. The third-order valence-corrected chi connectivity index (χ3v) is 1.48. The largest absolute Gasteiger partial charge is 0.329 e. The molecule has 0 aromatic heterocycles. The summed E-state index contributed by atoms with van der Waals surface area (Å²) in [5.41, 5.74) is 11.0. The first-order valence-corrected chi connectivity index (χ1v) is 3.77. The topological polar surface area (TPSA) is 55.3 Å². The van der Waals surface area contributed by atoms with Crippen molar-refractivity contribution in [3.8, 4) is 0 Å². The van der Waals surface area contributed by atoms with Crippen molar-refractivity contribution in [3.05, 3.63) is 0 Å². The van der Waals surface area contributed by atoms with Crippen molar-refractivity contribution < 1.29 is 0 Å². The summed E-state index contributed by atoms with van der Waals surface area (Å²) in [7, 11) is 4.13. The van der Waals surface area contributed by atoms with Crippen LogP contribution in [0, 0.1) is 0 Å². The van der Waals surface area contributed by atoms with E-state index in [1.165, 1.54) is 0 Å². The maximum Gasteiger partial charge on any atom is 0.0163 e. The van der Waals surface area contributed by atoms with E-state index in [0.29, 0.717) is 6.54 Å². The lowest BCUT2D eigenvalue weighted by Crippen LogP contribution is -2.30. The molecule has 0 radical (unpaired) electrons. The van der Waals surface area contributed by atoms with Crippen LogP contribution in [0.15, 0.2) is 0 Å². The first-order chi connectivity index (χ1) is 4.66. The molecule has 0 amide bonds. The molecule has 0 aliphatic carbocycles. The van der Waals surface area contributed by atoms with Gasteiger partial charge in [-0.3, -0.25) is 0 Å². The summed E-state index contributed by atoms with van der Waals surface area (Å²) in [4.78, 5) is 2.16. The van der Waals surface area contributed by atoms with Gasteiger partial charge < -0.3 is 16.4 Å². The van der Waals surface area contributed by atoms with Gasteiger partial charge in [0.05, 0.1) is 0 Å². The lowest BCUT2D eigenvalue weighted by Gasteiger charge is -2.11. The van der Waals surface area contributed by atoms with E-state index in [1.54, 1.807) is 0 Å². The highest BCUT2D eigenvalue weighted by Crippen LogP contribution is 1.93. The van der Waals surface area contributed by atoms with E-state index in [-0.39, 0.29) is 6.04 Å². The van der Waals surface area contributed by atoms with Crippen molar-refractivity contribution in [2.45, 2.75) is 18.9 Å². The van der Waals surface area contributed by atoms with E-state index in [0.717, 1.165) is 19.4 Å². The minimum absolute atomic E-state index is 0.194. The Kier molecular flexibility index (Phi) is 5.58. The predicted molar refractivity (Wildman–Crippen MR) is 44.8 cm³/mol. The van der Waals surface area contributed by atoms with Crippen LogP contribution in [0.3, 0.4) is 0 Å². The summed E-state index contributed by atoms with van der Waals surface area (Å²) in [6, 6.07) is 0.194. The SMILES string of the molecule is CN(C)CCC[C@H](N)CN. The molecule has 0 spiro atoms. The number of hydrogen-bond acceptors (Lipinski definition) is 3. The number of nitrogens with zero attached hydrogens (tertiary/aromatic N) is 1. The highest BCUT2D eigenvalue weighted by atomic mass is 15.0. The average molecular weight is 145 g/mol. The molecule has 0 aromatic carbocycles. The molecule has 0 aromatic rings. The molecule has 4 N–H and O–H groups in total. The van der Waals surface area contributed by atoms with Gasteiger partial charge in [-0.2, -0.15) is 0 Å². The van der Waals surface area contributed by atoms with Crippen molar-refractivity contribution in [1.82, 2.24) is 4.90 Å². The molecule has 10 heavy (non-hydrogen) atoms. The van der Waals surface area contributed by atoms with E-state index in [1.807, 2.05) is 0 Å². The Balaban J connectivity index is 3.03. The molecule has 3 heteroatoms. The molecule has 1 atom stereocenters. The lowest BCUT2D eigenvalue weighted by molar-refractivity contribution is 0.385. The molecule has 0 rings (SSSR count). The fourth-order valence-corrected chi connectivity index (χ4v) is 0.788. The van der Waals surface area contributed by atoms with Gasteiger partial charge in [0.15, 0.2) is 0 Å². The number of rotatable bonds is 5. The van der Waals surface area contributed by atoms with Crippen LogP contribution in [-0.2, 0) is 0 Å². The van der Waals surface area contributed by atoms with Gasteiger partial charge in [0.25, 0.3) is 0 Å². The van der Waals surface area contributed by atoms with Crippen LogP contribution in [-0.4, -0.2) is 38.1 Å². The highest BCUT2D eigenvalue weighted by molar-refractivity contribution is 4.61. The summed E-state index contributed by atoms with van der Waals surface area (Å²) in [6.45, 7) is 1.71. The molecule has 0 unspecified atom stereocenters. The Morgan fingerprint density at radius 1 is 1.40 bits per heavy atom. The summed E-state index contributed by atoms with van der Waals surface area (Å²) < 4.78 is 0. The van der Waals surface area contributed by atoms with Gasteiger partial charge in [-0.25, -0.2) is 0 Å². The molecule has 0 heterocycles. The normalized spacial score (nSPS) is 14.1. The van der Waals surface area contributed by atoms with Crippen LogP contribution in [0.5, 0.6) is 0 Å². The smallest absolute Gasteiger partial charge is 0.0163 e. The van der Waals surface area contributed by atoms with Crippen LogP contribution < -0.4 is 11.5 Å². The Labute approximate surface area is 63.4 Å². The van der Waals surface area contributed by atoms with Crippen molar-refractivity contribution in [2.75, 3.05) is 27.2 Å². The van der Waals surface area contributed by atoms with Crippen molar-refractivity contribution in [3.63, 3.8) is 0 Å². The second-order valence-electron chi connectivity index (χ2n) is 2.94. The maximum absolute atomic E-state index is 5.62. The monoisotopic (exact) mass is 145 g/mol. The highest BCUT2D eigenvalue weighted by Gasteiger charge is 1.98. The molecule has 62 valence electrons. The molecular weight excluding hydrogens is 126 g/mol. The third kappa shape index (κ3) is 6.01. The van der Waals surface area contributed by atoms with Gasteiger partial charge in [0, 0.05) is 12.6 Å². The van der Waals surface area contributed by atoms with Crippen molar-refractivity contribution in [2.24, 2.45) is 11.5 Å². The molecule has 0 saturated carbocycles. The van der Waals surface area contributed by atoms with E-state index in [4.69, 9.17) is 11.5 Å². The fraction of sp³-hybridized carbons (Fsp3) is 1.00. The molecule has 0 saturated heterocycles. The van der Waals surface area contributed by atoms with Crippen LogP contribution in [0.2, 0.25) is 0 Å². The zero-order valence-corrected chi connectivity index (χ0v) is 7.01. The molecule has 3 nitrogen and oxygen atoms in total. The minimum atomic E-state index is 0.194. The summed E-state index contributed by atoms with van der Waals surface area (Å²) in [6.07, 6.45) is 2.18. The fourth-order valence-electron chi connectivity index (χ4n) is 0.788. The van der Waals surface area contributed by atoms with Gasteiger partial charge >= 0.3 is 0 Å². The van der Waals surface area contributed by atoms with Crippen LogP contribution in [0.1, 0.15) is 12.8 Å². The molecule has 0 aliphatic heterocycles. The van der Waals surface area contributed by atoms with Gasteiger partial charge in [0.2, 0.25) is 0 Å². The zero-order valence-electron chi connectivity index (χ0n) is 7.01. The first-order valence-electron chi connectivity index (χ1n) is 3.77. The van der Waals surface area contributed by atoms with Crippen LogP contribution >= 0.6 is 0 Å². The Morgan fingerprint density at radius 2 is 2.00 bits per heavy atom. The Hall–Kier alpha value is -0.120. The Morgan fingerprint density at radius 3 is 2.40 bits per heavy atom. The standard InChI is InChI=1S/C7H19N3/c1-10(2)5-3-4-7(9)6-8/h7H,3-6,8-9H2,1-2H3/t7-/m0/s1. The van der Waals surface area contributed by atoms with Crippen molar-refractivity contribution >= 4 is 0 Å². The van der Waals surface area contributed by atoms with E-state index in [2.05, 4.69) is 19.0 Å². The van der Waals surface area contributed by atoms with Crippen molar-refractivity contribution in [1.29, 1.82) is 0 Å². The first kappa shape index (κ1) is 9.88. The van der Waals surface area contributed by atoms with E-state index in [9.17, 15) is 0 Å². The van der Waals surface area contributed by atoms with E-state index >= 15 is 0 Å². The van der Waals surface area contributed by atoms with Gasteiger partial charge in [-0.1, -0.05) is 0 Å². The van der Waals surface area contributed by atoms with Gasteiger partial charge in [-0.05, 0) is 33.5 Å². The number of hydrogen-bond donors (Lipinski definition) is 2. The third-order valence-electron chi connectivity index (χ3n) is 1.48. The molecule has 0 fully saturated rings. The van der Waals surface area contributed by atoms with E-state index < -0.39 is 0 Å². The maximum atomic E-state index is 5.62. The average Bonchev–Trinajstić information content (AvgIpc) is 1.87. The second-order valence-corrected chi connectivity index (χ2v) is 2.94. The van der Waals surface area contributed by atoms with Gasteiger partial charge in [-0.15, -0.1) is 0 Å².